The summed E-state index contributed by atoms with van der Waals surface area (Å²) in [4.78, 5) is 27.5. The van der Waals surface area contributed by atoms with E-state index in [2.05, 4.69) is 12.2 Å². The van der Waals surface area contributed by atoms with E-state index < -0.39 is 0 Å². The Labute approximate surface area is 160 Å². The molecule has 0 aliphatic carbocycles. The first-order chi connectivity index (χ1) is 13.2. The van der Waals surface area contributed by atoms with Gasteiger partial charge in [-0.1, -0.05) is 61.5 Å². The molecule has 138 valence electrons. The summed E-state index contributed by atoms with van der Waals surface area (Å²) in [5.74, 6) is -0.375. The summed E-state index contributed by atoms with van der Waals surface area (Å²) in [5, 5.41) is 2.94. The van der Waals surface area contributed by atoms with Crippen molar-refractivity contribution in [2.24, 2.45) is 5.92 Å². The average molecular weight is 360 g/mol. The number of carbonyl (C=O) groups is 2. The average Bonchev–Trinajstić information content (AvgIpc) is 2.70. The van der Waals surface area contributed by atoms with Crippen LogP contribution < -0.4 is 5.32 Å². The molecule has 0 saturated carbocycles. The van der Waals surface area contributed by atoms with Gasteiger partial charge < -0.3 is 10.2 Å². The zero-order valence-electron chi connectivity index (χ0n) is 15.5. The maximum atomic E-state index is 12.9. The lowest BCUT2D eigenvalue weighted by atomic mass is 9.89. The molecule has 27 heavy (non-hydrogen) atoms. The van der Waals surface area contributed by atoms with Crippen LogP contribution in [0.25, 0.3) is 0 Å². The molecule has 0 radical (unpaired) electrons. The molecule has 1 N–H and O–H groups in total. The molecule has 1 amide bonds. The van der Waals surface area contributed by atoms with Gasteiger partial charge in [0.2, 0.25) is 0 Å². The summed E-state index contributed by atoms with van der Waals surface area (Å²) in [7, 11) is 0. The summed E-state index contributed by atoms with van der Waals surface area (Å²) in [6, 6.07) is 18.6. The lowest BCUT2D eigenvalue weighted by molar-refractivity contribution is -0.113. The fourth-order valence-corrected chi connectivity index (χ4v) is 3.10. The third-order valence-corrected chi connectivity index (χ3v) is 4.49. The summed E-state index contributed by atoms with van der Waals surface area (Å²) in [5.41, 5.74) is 2.02. The van der Waals surface area contributed by atoms with Crippen molar-refractivity contribution in [3.63, 3.8) is 0 Å². The highest BCUT2D eigenvalue weighted by molar-refractivity contribution is 6.05. The number of rotatable bonds is 7. The summed E-state index contributed by atoms with van der Waals surface area (Å²) in [6.45, 7) is 2.92. The summed E-state index contributed by atoms with van der Waals surface area (Å²) >= 11 is 0. The van der Waals surface area contributed by atoms with Crippen molar-refractivity contribution in [1.29, 1.82) is 0 Å². The third-order valence-electron chi connectivity index (χ3n) is 4.49. The predicted octanol–water partition coefficient (Wildman–Crippen LogP) is 4.64. The highest BCUT2D eigenvalue weighted by Crippen LogP contribution is 2.26. The van der Waals surface area contributed by atoms with Crippen LogP contribution in [0.4, 0.5) is 5.69 Å². The first-order valence-corrected chi connectivity index (χ1v) is 9.28. The van der Waals surface area contributed by atoms with Crippen LogP contribution in [0.15, 0.2) is 84.7 Å². The normalized spacial score (nSPS) is 16.0. The molecule has 0 saturated heterocycles. The highest BCUT2D eigenvalue weighted by Gasteiger charge is 2.25. The molecule has 0 unspecified atom stereocenters. The molecular formula is C23H24N2O2. The van der Waals surface area contributed by atoms with Crippen molar-refractivity contribution in [3.05, 3.63) is 90.3 Å². The number of amides is 1. The van der Waals surface area contributed by atoms with Gasteiger partial charge in [-0.2, -0.15) is 0 Å². The Morgan fingerprint density at radius 2 is 1.67 bits per heavy atom. The second-order valence-electron chi connectivity index (χ2n) is 6.58. The maximum Gasteiger partial charge on any atom is 0.253 e. The molecule has 4 heteroatoms. The van der Waals surface area contributed by atoms with Crippen molar-refractivity contribution in [1.82, 2.24) is 4.90 Å². The largest absolute Gasteiger partial charge is 0.354 e. The van der Waals surface area contributed by atoms with Crippen LogP contribution in [0.3, 0.4) is 0 Å². The fraction of sp³-hybridized carbons (Fsp3) is 0.217. The van der Waals surface area contributed by atoms with Gasteiger partial charge in [-0.25, -0.2) is 0 Å². The van der Waals surface area contributed by atoms with Gasteiger partial charge >= 0.3 is 0 Å². The molecule has 1 atom stereocenters. The molecule has 2 aromatic rings. The molecule has 0 spiro atoms. The van der Waals surface area contributed by atoms with Gasteiger partial charge in [0.15, 0.2) is 5.78 Å². The minimum atomic E-state index is -0.241. The molecule has 1 aliphatic heterocycles. The van der Waals surface area contributed by atoms with E-state index >= 15 is 0 Å². The molecule has 1 aliphatic rings. The summed E-state index contributed by atoms with van der Waals surface area (Å²) < 4.78 is 0. The van der Waals surface area contributed by atoms with Crippen LogP contribution in [0.5, 0.6) is 0 Å². The number of para-hydroxylation sites is 1. The lowest BCUT2D eigenvalue weighted by Gasteiger charge is -2.26. The number of hydrogen-bond donors (Lipinski definition) is 1. The first-order valence-electron chi connectivity index (χ1n) is 9.28. The molecule has 4 nitrogen and oxygen atoms in total. The number of nitrogens with one attached hydrogen (secondary N) is 1. The molecular weight excluding hydrogens is 336 g/mol. The zero-order valence-corrected chi connectivity index (χ0v) is 15.5. The van der Waals surface area contributed by atoms with Crippen molar-refractivity contribution in [3.8, 4) is 0 Å². The van der Waals surface area contributed by atoms with Crippen LogP contribution in [0.2, 0.25) is 0 Å². The van der Waals surface area contributed by atoms with Gasteiger partial charge in [0.1, 0.15) is 0 Å². The number of carbonyl (C=O) groups excluding carboxylic acids is 2. The number of benzene rings is 2. The number of ketones is 1. The van der Waals surface area contributed by atoms with E-state index in [0.29, 0.717) is 11.1 Å². The topological polar surface area (TPSA) is 49.4 Å². The van der Waals surface area contributed by atoms with Gasteiger partial charge in [0, 0.05) is 48.1 Å². The Hall–Kier alpha value is -3.14. The van der Waals surface area contributed by atoms with Crippen LogP contribution in [-0.4, -0.2) is 23.1 Å². The van der Waals surface area contributed by atoms with Gasteiger partial charge in [-0.15, -0.1) is 0 Å². The number of anilines is 1. The zero-order chi connectivity index (χ0) is 19.1. The van der Waals surface area contributed by atoms with Crippen LogP contribution in [0, 0.1) is 5.92 Å². The van der Waals surface area contributed by atoms with Gasteiger partial charge in [-0.05, 0) is 18.6 Å². The second kappa shape index (κ2) is 8.99. The molecule has 3 rings (SSSR count). The van der Waals surface area contributed by atoms with Gasteiger partial charge in [-0.3, -0.25) is 9.59 Å². The van der Waals surface area contributed by atoms with E-state index in [4.69, 9.17) is 0 Å². The van der Waals surface area contributed by atoms with Gasteiger partial charge in [0.05, 0.1) is 0 Å². The fourth-order valence-electron chi connectivity index (χ4n) is 3.10. The monoisotopic (exact) mass is 360 g/mol. The molecule has 0 aromatic heterocycles. The van der Waals surface area contributed by atoms with Crippen molar-refractivity contribution >= 4 is 17.4 Å². The van der Waals surface area contributed by atoms with Crippen molar-refractivity contribution < 1.29 is 9.59 Å². The van der Waals surface area contributed by atoms with Crippen LogP contribution in [0.1, 0.15) is 30.1 Å². The molecule has 0 bridgehead atoms. The SMILES string of the molecule is CCCN1C=C[C@H](CC(=O)c2ccccc2)C(C(=O)Nc2ccccc2)=C1. The Balaban J connectivity index is 1.78. The van der Waals surface area contributed by atoms with Crippen molar-refractivity contribution in [2.45, 2.75) is 19.8 Å². The molecule has 1 heterocycles. The smallest absolute Gasteiger partial charge is 0.253 e. The van der Waals surface area contributed by atoms with E-state index in [-0.39, 0.29) is 24.0 Å². The standard InChI is InChI=1S/C23H24N2O2/c1-2-14-25-15-13-19(16-22(26)18-9-5-3-6-10-18)21(17-25)23(27)24-20-11-7-4-8-12-20/h3-13,15,17,19H,2,14,16H2,1H3,(H,24,27)/t19-/m1/s1. The Bertz CT molecular complexity index is 841. The van der Waals surface area contributed by atoms with Crippen LogP contribution >= 0.6 is 0 Å². The third kappa shape index (κ3) is 4.94. The van der Waals surface area contributed by atoms with E-state index in [9.17, 15) is 9.59 Å². The number of allylic oxidation sites excluding steroid dienone is 1. The van der Waals surface area contributed by atoms with E-state index in [1.54, 1.807) is 0 Å². The van der Waals surface area contributed by atoms with Gasteiger partial charge in [0.25, 0.3) is 5.91 Å². The minimum Gasteiger partial charge on any atom is -0.354 e. The van der Waals surface area contributed by atoms with E-state index in [0.717, 1.165) is 18.7 Å². The first kappa shape index (κ1) is 18.6. The Kier molecular flexibility index (Phi) is 6.21. The number of Topliss-reactive ketones (excluding diaryl/α,β-unsaturated/α-hetero) is 1. The van der Waals surface area contributed by atoms with E-state index in [1.807, 2.05) is 84.0 Å². The number of nitrogens with zero attached hydrogens (tertiary/aromatic N) is 1. The molecule has 0 fully saturated rings. The quantitative estimate of drug-likeness (QED) is 0.732. The Morgan fingerprint density at radius 1 is 1.00 bits per heavy atom. The van der Waals surface area contributed by atoms with Crippen LogP contribution in [-0.2, 0) is 4.79 Å². The van der Waals surface area contributed by atoms with Crippen molar-refractivity contribution in [2.75, 3.05) is 11.9 Å². The summed E-state index contributed by atoms with van der Waals surface area (Å²) in [6.07, 6.45) is 7.03. The number of hydrogen-bond acceptors (Lipinski definition) is 3. The van der Waals surface area contributed by atoms with E-state index in [1.165, 1.54) is 0 Å². The highest BCUT2D eigenvalue weighted by atomic mass is 16.2. The molecule has 2 aromatic carbocycles. The second-order valence-corrected chi connectivity index (χ2v) is 6.58. The maximum absolute atomic E-state index is 12.9. The lowest BCUT2D eigenvalue weighted by Crippen LogP contribution is -2.27. The predicted molar refractivity (Wildman–Crippen MR) is 108 cm³/mol. The minimum absolute atomic E-state index is 0.0348. The Morgan fingerprint density at radius 3 is 2.33 bits per heavy atom.